The number of benzene rings is 1. The molecule has 2 N–H and O–H groups in total. The minimum atomic E-state index is -0.783. The SMILES string of the molecule is OC[C@@H](O)c1ccc(CCl)cc1. The molecule has 0 aliphatic carbocycles. The molecule has 0 aliphatic heterocycles. The summed E-state index contributed by atoms with van der Waals surface area (Å²) >= 11 is 5.58. The molecule has 0 heterocycles. The summed E-state index contributed by atoms with van der Waals surface area (Å²) in [6.07, 6.45) is -0.783. The molecule has 0 saturated heterocycles. The van der Waals surface area contributed by atoms with Crippen LogP contribution in [0, 0.1) is 0 Å². The van der Waals surface area contributed by atoms with Gasteiger partial charge in [-0.2, -0.15) is 0 Å². The normalized spacial score (nSPS) is 12.9. The first-order valence-electron chi connectivity index (χ1n) is 3.71. The van der Waals surface area contributed by atoms with Crippen LogP contribution in [0.1, 0.15) is 17.2 Å². The van der Waals surface area contributed by atoms with Crippen LogP contribution in [0.15, 0.2) is 24.3 Å². The van der Waals surface area contributed by atoms with E-state index in [1.54, 1.807) is 12.1 Å². The Balaban J connectivity index is 2.77. The number of rotatable bonds is 3. The molecular formula is C9H11ClO2. The van der Waals surface area contributed by atoms with E-state index in [-0.39, 0.29) is 6.61 Å². The Bertz CT molecular complexity index is 233. The van der Waals surface area contributed by atoms with E-state index in [0.717, 1.165) is 5.56 Å². The first-order valence-corrected chi connectivity index (χ1v) is 4.25. The van der Waals surface area contributed by atoms with Crippen molar-refractivity contribution in [2.45, 2.75) is 12.0 Å². The molecule has 0 fully saturated rings. The third-order valence-corrected chi connectivity index (χ3v) is 2.00. The van der Waals surface area contributed by atoms with Crippen molar-refractivity contribution < 1.29 is 10.2 Å². The molecule has 0 unspecified atom stereocenters. The van der Waals surface area contributed by atoms with Gasteiger partial charge in [-0.05, 0) is 11.1 Å². The van der Waals surface area contributed by atoms with Crippen molar-refractivity contribution in [3.63, 3.8) is 0 Å². The van der Waals surface area contributed by atoms with Crippen LogP contribution in [-0.2, 0) is 5.88 Å². The Hall–Kier alpha value is -0.570. The lowest BCUT2D eigenvalue weighted by atomic mass is 10.1. The molecule has 0 saturated carbocycles. The lowest BCUT2D eigenvalue weighted by Crippen LogP contribution is -2.01. The zero-order chi connectivity index (χ0) is 8.97. The molecule has 1 aromatic rings. The molecule has 0 spiro atoms. The van der Waals surface area contributed by atoms with Gasteiger partial charge in [0, 0.05) is 5.88 Å². The van der Waals surface area contributed by atoms with Crippen LogP contribution < -0.4 is 0 Å². The maximum absolute atomic E-state index is 9.21. The molecule has 1 aromatic carbocycles. The summed E-state index contributed by atoms with van der Waals surface area (Å²) in [6.45, 7) is -0.250. The lowest BCUT2D eigenvalue weighted by Gasteiger charge is -2.06. The molecule has 12 heavy (non-hydrogen) atoms. The minimum Gasteiger partial charge on any atom is -0.393 e. The van der Waals surface area contributed by atoms with Crippen molar-refractivity contribution in [2.24, 2.45) is 0 Å². The summed E-state index contributed by atoms with van der Waals surface area (Å²) in [7, 11) is 0. The maximum atomic E-state index is 9.21. The molecule has 0 aromatic heterocycles. The number of aliphatic hydroxyl groups excluding tert-OH is 2. The summed E-state index contributed by atoms with van der Waals surface area (Å²) in [4.78, 5) is 0. The first kappa shape index (κ1) is 9.52. The third kappa shape index (κ3) is 2.21. The van der Waals surface area contributed by atoms with Gasteiger partial charge in [0.05, 0.1) is 6.61 Å². The van der Waals surface area contributed by atoms with E-state index in [9.17, 15) is 5.11 Å². The average Bonchev–Trinajstić information content (AvgIpc) is 2.17. The van der Waals surface area contributed by atoms with Gasteiger partial charge in [0.2, 0.25) is 0 Å². The second-order valence-corrected chi connectivity index (χ2v) is 2.84. The Morgan fingerprint density at radius 1 is 1.25 bits per heavy atom. The average molecular weight is 187 g/mol. The molecule has 1 atom stereocenters. The van der Waals surface area contributed by atoms with E-state index in [1.165, 1.54) is 0 Å². The molecule has 66 valence electrons. The van der Waals surface area contributed by atoms with Gasteiger partial charge in [-0.3, -0.25) is 0 Å². The molecule has 0 bridgehead atoms. The van der Waals surface area contributed by atoms with Crippen LogP contribution in [-0.4, -0.2) is 16.8 Å². The number of aliphatic hydroxyl groups is 2. The van der Waals surface area contributed by atoms with Crippen molar-refractivity contribution in [1.82, 2.24) is 0 Å². The van der Waals surface area contributed by atoms with E-state index in [4.69, 9.17) is 16.7 Å². The molecular weight excluding hydrogens is 176 g/mol. The Kier molecular flexibility index (Phi) is 3.53. The van der Waals surface area contributed by atoms with Gasteiger partial charge in [0.25, 0.3) is 0 Å². The topological polar surface area (TPSA) is 40.5 Å². The monoisotopic (exact) mass is 186 g/mol. The van der Waals surface area contributed by atoms with Crippen LogP contribution in [0.3, 0.4) is 0 Å². The van der Waals surface area contributed by atoms with Crippen molar-refractivity contribution in [3.05, 3.63) is 35.4 Å². The van der Waals surface area contributed by atoms with Crippen molar-refractivity contribution >= 4 is 11.6 Å². The molecule has 3 heteroatoms. The zero-order valence-electron chi connectivity index (χ0n) is 6.57. The van der Waals surface area contributed by atoms with Crippen molar-refractivity contribution in [1.29, 1.82) is 0 Å². The zero-order valence-corrected chi connectivity index (χ0v) is 7.33. The van der Waals surface area contributed by atoms with E-state index in [0.29, 0.717) is 11.4 Å². The van der Waals surface area contributed by atoms with E-state index < -0.39 is 6.10 Å². The lowest BCUT2D eigenvalue weighted by molar-refractivity contribution is 0.0956. The molecule has 0 amide bonds. The van der Waals surface area contributed by atoms with Gasteiger partial charge >= 0.3 is 0 Å². The summed E-state index contributed by atoms with van der Waals surface area (Å²) in [5.41, 5.74) is 1.72. The van der Waals surface area contributed by atoms with Crippen LogP contribution in [0.4, 0.5) is 0 Å². The largest absolute Gasteiger partial charge is 0.393 e. The molecule has 1 rings (SSSR count). The highest BCUT2D eigenvalue weighted by molar-refractivity contribution is 6.17. The van der Waals surface area contributed by atoms with E-state index in [2.05, 4.69) is 0 Å². The Morgan fingerprint density at radius 3 is 2.25 bits per heavy atom. The summed E-state index contributed by atoms with van der Waals surface area (Å²) in [6, 6.07) is 7.19. The number of halogens is 1. The summed E-state index contributed by atoms with van der Waals surface area (Å²) in [5.74, 6) is 0.468. The molecule has 0 radical (unpaired) electrons. The fraction of sp³-hybridized carbons (Fsp3) is 0.333. The smallest absolute Gasteiger partial charge is 0.102 e. The quantitative estimate of drug-likeness (QED) is 0.702. The van der Waals surface area contributed by atoms with Crippen LogP contribution >= 0.6 is 11.6 Å². The van der Waals surface area contributed by atoms with Gasteiger partial charge in [0.15, 0.2) is 0 Å². The first-order chi connectivity index (χ1) is 5.77. The molecule has 0 aliphatic rings. The second kappa shape index (κ2) is 4.45. The fourth-order valence-electron chi connectivity index (χ4n) is 0.934. The highest BCUT2D eigenvalue weighted by atomic mass is 35.5. The van der Waals surface area contributed by atoms with Gasteiger partial charge in [-0.25, -0.2) is 0 Å². The Morgan fingerprint density at radius 2 is 1.83 bits per heavy atom. The fourth-order valence-corrected chi connectivity index (χ4v) is 1.11. The predicted molar refractivity (Wildman–Crippen MR) is 48.0 cm³/mol. The van der Waals surface area contributed by atoms with Gasteiger partial charge in [-0.15, -0.1) is 11.6 Å². The highest BCUT2D eigenvalue weighted by Crippen LogP contribution is 2.13. The standard InChI is InChI=1S/C9H11ClO2/c10-5-7-1-3-8(4-2-7)9(12)6-11/h1-4,9,11-12H,5-6H2/t9-/m1/s1. The minimum absolute atomic E-state index is 0.250. The van der Waals surface area contributed by atoms with Crippen LogP contribution in [0.25, 0.3) is 0 Å². The van der Waals surface area contributed by atoms with Crippen molar-refractivity contribution in [3.8, 4) is 0 Å². The van der Waals surface area contributed by atoms with Gasteiger partial charge in [-0.1, -0.05) is 24.3 Å². The number of hydrogen-bond acceptors (Lipinski definition) is 2. The van der Waals surface area contributed by atoms with Crippen LogP contribution in [0.2, 0.25) is 0 Å². The van der Waals surface area contributed by atoms with Crippen molar-refractivity contribution in [2.75, 3.05) is 6.61 Å². The highest BCUT2D eigenvalue weighted by Gasteiger charge is 2.04. The maximum Gasteiger partial charge on any atom is 0.102 e. The number of hydrogen-bond donors (Lipinski definition) is 2. The predicted octanol–water partition coefficient (Wildman–Crippen LogP) is 1.45. The van der Waals surface area contributed by atoms with E-state index in [1.807, 2.05) is 12.1 Å². The summed E-state index contributed by atoms with van der Waals surface area (Å²) in [5, 5.41) is 17.8. The Labute approximate surface area is 76.4 Å². The number of alkyl halides is 1. The van der Waals surface area contributed by atoms with Gasteiger partial charge in [0.1, 0.15) is 6.10 Å². The third-order valence-electron chi connectivity index (χ3n) is 1.69. The second-order valence-electron chi connectivity index (χ2n) is 2.57. The molecule has 2 nitrogen and oxygen atoms in total. The van der Waals surface area contributed by atoms with Gasteiger partial charge < -0.3 is 10.2 Å². The van der Waals surface area contributed by atoms with E-state index >= 15 is 0 Å². The summed E-state index contributed by atoms with van der Waals surface area (Å²) < 4.78 is 0. The van der Waals surface area contributed by atoms with Crippen LogP contribution in [0.5, 0.6) is 0 Å².